The van der Waals surface area contributed by atoms with Crippen molar-refractivity contribution in [1.29, 1.82) is 0 Å². The van der Waals surface area contributed by atoms with Crippen LogP contribution in [0.3, 0.4) is 0 Å². The van der Waals surface area contributed by atoms with Crippen molar-refractivity contribution >= 4 is 11.4 Å². The fourth-order valence-electron chi connectivity index (χ4n) is 2.14. The average Bonchev–Trinajstić information content (AvgIpc) is 2.30. The first kappa shape index (κ1) is 14.9. The van der Waals surface area contributed by atoms with Crippen LogP contribution in [-0.4, -0.2) is 6.54 Å². The molecule has 0 aromatic heterocycles. The highest BCUT2D eigenvalue weighted by atomic mass is 14.9. The van der Waals surface area contributed by atoms with E-state index in [1.807, 2.05) is 12.1 Å². The van der Waals surface area contributed by atoms with Crippen LogP contribution < -0.4 is 11.1 Å². The van der Waals surface area contributed by atoms with Crippen LogP contribution in [0.4, 0.5) is 11.4 Å². The summed E-state index contributed by atoms with van der Waals surface area (Å²) in [6, 6.07) is 6.05. The van der Waals surface area contributed by atoms with E-state index in [9.17, 15) is 0 Å². The number of anilines is 2. The topological polar surface area (TPSA) is 38.0 Å². The third-order valence-electron chi connectivity index (χ3n) is 3.27. The molecule has 0 aliphatic rings. The zero-order chi connectivity index (χ0) is 13.4. The minimum absolute atomic E-state index is 0.840. The SMILES string of the molecule is Cc1cc(N)ccc1NCCCCCCC(C)C. The van der Waals surface area contributed by atoms with E-state index in [-0.39, 0.29) is 0 Å². The zero-order valence-corrected chi connectivity index (χ0v) is 12.1. The molecular formula is C16H28N2. The molecular weight excluding hydrogens is 220 g/mol. The fourth-order valence-corrected chi connectivity index (χ4v) is 2.14. The number of hydrogen-bond acceptors (Lipinski definition) is 2. The predicted molar refractivity (Wildman–Crippen MR) is 82.0 cm³/mol. The van der Waals surface area contributed by atoms with E-state index in [4.69, 9.17) is 5.73 Å². The number of benzene rings is 1. The highest BCUT2D eigenvalue weighted by molar-refractivity contribution is 5.57. The molecule has 0 amide bonds. The summed E-state index contributed by atoms with van der Waals surface area (Å²) in [5, 5.41) is 3.48. The summed E-state index contributed by atoms with van der Waals surface area (Å²) in [5.74, 6) is 0.848. The van der Waals surface area contributed by atoms with Gasteiger partial charge in [0.05, 0.1) is 0 Å². The van der Waals surface area contributed by atoms with Crippen LogP contribution in [0.25, 0.3) is 0 Å². The van der Waals surface area contributed by atoms with Crippen molar-refractivity contribution in [3.05, 3.63) is 23.8 Å². The van der Waals surface area contributed by atoms with Crippen molar-refractivity contribution in [2.24, 2.45) is 5.92 Å². The third-order valence-corrected chi connectivity index (χ3v) is 3.27. The molecule has 0 atom stereocenters. The molecule has 2 heteroatoms. The van der Waals surface area contributed by atoms with Crippen molar-refractivity contribution in [2.45, 2.75) is 52.9 Å². The Morgan fingerprint density at radius 2 is 1.83 bits per heavy atom. The minimum Gasteiger partial charge on any atom is -0.399 e. The normalized spacial score (nSPS) is 10.9. The Morgan fingerprint density at radius 1 is 1.11 bits per heavy atom. The Hall–Kier alpha value is -1.18. The van der Waals surface area contributed by atoms with Crippen LogP contribution >= 0.6 is 0 Å². The summed E-state index contributed by atoms with van der Waals surface area (Å²) >= 11 is 0. The van der Waals surface area contributed by atoms with Crippen LogP contribution in [0, 0.1) is 12.8 Å². The Morgan fingerprint density at radius 3 is 2.50 bits per heavy atom. The first-order chi connectivity index (χ1) is 8.59. The maximum absolute atomic E-state index is 5.73. The molecule has 1 rings (SSSR count). The van der Waals surface area contributed by atoms with Crippen molar-refractivity contribution in [3.63, 3.8) is 0 Å². The van der Waals surface area contributed by atoms with E-state index in [0.29, 0.717) is 0 Å². The molecule has 1 aromatic rings. The van der Waals surface area contributed by atoms with Gasteiger partial charge in [0.1, 0.15) is 0 Å². The second-order valence-electron chi connectivity index (χ2n) is 5.60. The molecule has 0 bridgehead atoms. The molecule has 0 aliphatic carbocycles. The van der Waals surface area contributed by atoms with Gasteiger partial charge in [-0.05, 0) is 43.0 Å². The molecule has 0 radical (unpaired) electrons. The molecule has 3 N–H and O–H groups in total. The molecule has 0 fully saturated rings. The van der Waals surface area contributed by atoms with Crippen molar-refractivity contribution in [1.82, 2.24) is 0 Å². The van der Waals surface area contributed by atoms with Gasteiger partial charge in [0.15, 0.2) is 0 Å². The lowest BCUT2D eigenvalue weighted by Gasteiger charge is -2.10. The number of hydrogen-bond donors (Lipinski definition) is 2. The Bertz CT molecular complexity index is 345. The second-order valence-corrected chi connectivity index (χ2v) is 5.60. The number of aryl methyl sites for hydroxylation is 1. The molecule has 0 spiro atoms. The summed E-state index contributed by atoms with van der Waals surface area (Å²) in [7, 11) is 0. The zero-order valence-electron chi connectivity index (χ0n) is 12.1. The van der Waals surface area contributed by atoms with Crippen LogP contribution in [0.15, 0.2) is 18.2 Å². The van der Waals surface area contributed by atoms with E-state index in [1.165, 1.54) is 43.4 Å². The van der Waals surface area contributed by atoms with Gasteiger partial charge in [-0.15, -0.1) is 0 Å². The summed E-state index contributed by atoms with van der Waals surface area (Å²) < 4.78 is 0. The molecule has 0 saturated carbocycles. The van der Waals surface area contributed by atoms with Crippen molar-refractivity contribution in [3.8, 4) is 0 Å². The molecule has 0 saturated heterocycles. The molecule has 18 heavy (non-hydrogen) atoms. The van der Waals surface area contributed by atoms with E-state index in [1.54, 1.807) is 0 Å². The van der Waals surface area contributed by atoms with Crippen LogP contribution in [0.1, 0.15) is 51.5 Å². The average molecular weight is 248 g/mol. The van der Waals surface area contributed by atoms with E-state index >= 15 is 0 Å². The standard InChI is InChI=1S/C16H28N2/c1-13(2)8-6-4-5-7-11-18-16-10-9-15(17)12-14(16)3/h9-10,12-13,18H,4-8,11,17H2,1-3H3. The number of unbranched alkanes of at least 4 members (excludes halogenated alkanes) is 3. The maximum Gasteiger partial charge on any atom is 0.0371 e. The maximum atomic E-state index is 5.73. The van der Waals surface area contributed by atoms with E-state index < -0.39 is 0 Å². The molecule has 2 nitrogen and oxygen atoms in total. The van der Waals surface area contributed by atoms with Gasteiger partial charge in [-0.25, -0.2) is 0 Å². The van der Waals surface area contributed by atoms with Crippen molar-refractivity contribution in [2.75, 3.05) is 17.6 Å². The fraction of sp³-hybridized carbons (Fsp3) is 0.625. The number of rotatable bonds is 8. The Kier molecular flexibility index (Phi) is 6.63. The first-order valence-corrected chi connectivity index (χ1v) is 7.19. The van der Waals surface area contributed by atoms with Gasteiger partial charge in [-0.2, -0.15) is 0 Å². The smallest absolute Gasteiger partial charge is 0.0371 e. The van der Waals surface area contributed by atoms with Gasteiger partial charge in [0.25, 0.3) is 0 Å². The number of nitrogens with one attached hydrogen (secondary N) is 1. The monoisotopic (exact) mass is 248 g/mol. The van der Waals surface area contributed by atoms with Crippen LogP contribution in [-0.2, 0) is 0 Å². The number of nitrogens with two attached hydrogens (primary N) is 1. The van der Waals surface area contributed by atoms with E-state index in [2.05, 4.69) is 32.2 Å². The van der Waals surface area contributed by atoms with Crippen LogP contribution in [0.2, 0.25) is 0 Å². The van der Waals surface area contributed by atoms with Gasteiger partial charge in [-0.3, -0.25) is 0 Å². The highest BCUT2D eigenvalue weighted by Crippen LogP contribution is 2.17. The van der Waals surface area contributed by atoms with Crippen molar-refractivity contribution < 1.29 is 0 Å². The Labute approximate surface area is 112 Å². The lowest BCUT2D eigenvalue weighted by Crippen LogP contribution is -2.03. The minimum atomic E-state index is 0.840. The van der Waals surface area contributed by atoms with E-state index in [0.717, 1.165) is 18.2 Å². The van der Waals surface area contributed by atoms with Gasteiger partial charge in [0.2, 0.25) is 0 Å². The Balaban J connectivity index is 2.11. The van der Waals surface area contributed by atoms with Gasteiger partial charge >= 0.3 is 0 Å². The molecule has 102 valence electrons. The highest BCUT2D eigenvalue weighted by Gasteiger charge is 1.98. The quantitative estimate of drug-likeness (QED) is 0.521. The summed E-state index contributed by atoms with van der Waals surface area (Å²) in [6.07, 6.45) is 6.68. The summed E-state index contributed by atoms with van der Waals surface area (Å²) in [5.41, 5.74) is 9.02. The van der Waals surface area contributed by atoms with Gasteiger partial charge in [-0.1, -0.05) is 39.5 Å². The molecule has 0 aliphatic heterocycles. The lowest BCUT2D eigenvalue weighted by atomic mass is 10.0. The predicted octanol–water partition coefficient (Wildman–Crippen LogP) is 4.60. The largest absolute Gasteiger partial charge is 0.399 e. The molecule has 1 aromatic carbocycles. The lowest BCUT2D eigenvalue weighted by molar-refractivity contribution is 0.523. The third kappa shape index (κ3) is 5.95. The summed E-state index contributed by atoms with van der Waals surface area (Å²) in [4.78, 5) is 0. The number of nitrogen functional groups attached to an aromatic ring is 1. The first-order valence-electron chi connectivity index (χ1n) is 7.19. The summed E-state index contributed by atoms with van der Waals surface area (Å²) in [6.45, 7) is 7.75. The molecule has 0 unspecified atom stereocenters. The van der Waals surface area contributed by atoms with Crippen LogP contribution in [0.5, 0.6) is 0 Å². The van der Waals surface area contributed by atoms with Gasteiger partial charge in [0, 0.05) is 17.9 Å². The molecule has 0 heterocycles. The second kappa shape index (κ2) is 8.02. The van der Waals surface area contributed by atoms with Gasteiger partial charge < -0.3 is 11.1 Å².